The zero-order valence-corrected chi connectivity index (χ0v) is 6.21. The minimum atomic E-state index is -0.352. The highest BCUT2D eigenvalue weighted by Crippen LogP contribution is 2.04. The van der Waals surface area contributed by atoms with Crippen LogP contribution in [0.1, 0.15) is 19.8 Å². The molecule has 1 unspecified atom stereocenters. The molecule has 0 heterocycles. The van der Waals surface area contributed by atoms with Gasteiger partial charge in [-0.15, -0.1) is 0 Å². The molecule has 0 spiro atoms. The third kappa shape index (κ3) is 2.94. The lowest BCUT2D eigenvalue weighted by Gasteiger charge is -2.08. The minimum absolute atomic E-state index is 0.0246. The van der Waals surface area contributed by atoms with E-state index in [9.17, 15) is 4.79 Å². The molecule has 0 bridgehead atoms. The summed E-state index contributed by atoms with van der Waals surface area (Å²) in [6.07, 6.45) is 0.814. The van der Waals surface area contributed by atoms with E-state index in [-0.39, 0.29) is 24.9 Å². The smallest absolute Gasteiger partial charge is 0.138 e. The van der Waals surface area contributed by atoms with E-state index in [4.69, 9.17) is 10.2 Å². The summed E-state index contributed by atoms with van der Waals surface area (Å²) in [5.41, 5.74) is 0. The maximum Gasteiger partial charge on any atom is 0.138 e. The van der Waals surface area contributed by atoms with Gasteiger partial charge in [-0.25, -0.2) is 0 Å². The summed E-state index contributed by atoms with van der Waals surface area (Å²) in [4.78, 5) is 10.9. The molecule has 0 aromatic rings. The maximum atomic E-state index is 10.9. The predicted molar refractivity (Wildman–Crippen MR) is 37.6 cm³/mol. The largest absolute Gasteiger partial charge is 0.396 e. The van der Waals surface area contributed by atoms with Gasteiger partial charge in [0.25, 0.3) is 0 Å². The number of ketones is 1. The number of carbonyl (C=O) groups excluding carboxylic acids is 1. The Kier molecular flexibility index (Phi) is 5.16. The summed E-state index contributed by atoms with van der Waals surface area (Å²) in [5.74, 6) is -0.327. The molecular weight excluding hydrogens is 132 g/mol. The molecule has 10 heavy (non-hydrogen) atoms. The number of carbonyl (C=O) groups is 1. The molecule has 0 aliphatic heterocycles. The molecule has 3 nitrogen and oxygen atoms in total. The van der Waals surface area contributed by atoms with E-state index in [2.05, 4.69) is 0 Å². The van der Waals surface area contributed by atoms with Crippen LogP contribution in [0.4, 0.5) is 0 Å². The molecule has 0 rings (SSSR count). The Hall–Kier alpha value is -0.410. The molecule has 0 aromatic heterocycles. The van der Waals surface area contributed by atoms with E-state index >= 15 is 0 Å². The fourth-order valence-electron chi connectivity index (χ4n) is 0.799. The molecular formula is C7H14O3. The molecule has 60 valence electrons. The first-order chi connectivity index (χ1) is 4.76. The Morgan fingerprint density at radius 2 is 2.10 bits per heavy atom. The number of hydrogen-bond acceptors (Lipinski definition) is 3. The van der Waals surface area contributed by atoms with Crippen LogP contribution in [-0.2, 0) is 4.79 Å². The summed E-state index contributed by atoms with van der Waals surface area (Å²) in [7, 11) is 0. The van der Waals surface area contributed by atoms with Gasteiger partial charge < -0.3 is 10.2 Å². The molecule has 0 radical (unpaired) electrons. The molecule has 2 N–H and O–H groups in total. The average molecular weight is 146 g/mol. The quantitative estimate of drug-likeness (QED) is 0.572. The van der Waals surface area contributed by atoms with Crippen LogP contribution in [0.3, 0.4) is 0 Å². The van der Waals surface area contributed by atoms with E-state index in [0.717, 1.165) is 0 Å². The Labute approximate surface area is 60.7 Å². The lowest BCUT2D eigenvalue weighted by molar-refractivity contribution is -0.124. The fraction of sp³-hybridized carbons (Fsp3) is 0.857. The van der Waals surface area contributed by atoms with Crippen molar-refractivity contribution in [3.8, 4) is 0 Å². The van der Waals surface area contributed by atoms with Crippen molar-refractivity contribution in [1.82, 2.24) is 0 Å². The van der Waals surface area contributed by atoms with Gasteiger partial charge in [0.2, 0.25) is 0 Å². The van der Waals surface area contributed by atoms with Crippen LogP contribution in [0.2, 0.25) is 0 Å². The van der Waals surface area contributed by atoms with Gasteiger partial charge in [-0.05, 0) is 6.42 Å². The lowest BCUT2D eigenvalue weighted by atomic mass is 10.0. The molecule has 0 saturated heterocycles. The highest BCUT2D eigenvalue weighted by molar-refractivity contribution is 5.80. The fourth-order valence-corrected chi connectivity index (χ4v) is 0.799. The summed E-state index contributed by atoms with van der Waals surface area (Å²) in [5, 5.41) is 17.1. The number of aliphatic hydroxyl groups is 2. The highest BCUT2D eigenvalue weighted by Gasteiger charge is 2.13. The first-order valence-corrected chi connectivity index (χ1v) is 3.50. The van der Waals surface area contributed by atoms with Crippen molar-refractivity contribution in [2.45, 2.75) is 19.8 Å². The van der Waals surface area contributed by atoms with Crippen LogP contribution in [-0.4, -0.2) is 29.2 Å². The first-order valence-electron chi connectivity index (χ1n) is 3.50. The van der Waals surface area contributed by atoms with E-state index in [1.165, 1.54) is 0 Å². The summed E-state index contributed by atoms with van der Waals surface area (Å²) in [6.45, 7) is 1.58. The van der Waals surface area contributed by atoms with Crippen LogP contribution in [0, 0.1) is 5.92 Å². The van der Waals surface area contributed by atoms with Gasteiger partial charge in [0, 0.05) is 18.9 Å². The van der Waals surface area contributed by atoms with Crippen molar-refractivity contribution < 1.29 is 15.0 Å². The molecule has 0 aromatic carbocycles. The molecule has 0 fully saturated rings. The van der Waals surface area contributed by atoms with Gasteiger partial charge in [-0.1, -0.05) is 6.92 Å². The van der Waals surface area contributed by atoms with Crippen LogP contribution in [0.25, 0.3) is 0 Å². The summed E-state index contributed by atoms with van der Waals surface area (Å²) < 4.78 is 0. The first kappa shape index (κ1) is 9.59. The molecule has 1 atom stereocenters. The van der Waals surface area contributed by atoms with Crippen molar-refractivity contribution >= 4 is 5.78 Å². The van der Waals surface area contributed by atoms with Crippen LogP contribution >= 0.6 is 0 Å². The van der Waals surface area contributed by atoms with E-state index in [1.54, 1.807) is 6.92 Å². The second kappa shape index (κ2) is 5.38. The predicted octanol–water partition coefficient (Wildman–Crippen LogP) is -0.0436. The third-order valence-electron chi connectivity index (χ3n) is 1.50. The Morgan fingerprint density at radius 1 is 1.50 bits per heavy atom. The third-order valence-corrected chi connectivity index (χ3v) is 1.50. The molecule has 0 saturated carbocycles. The number of rotatable bonds is 5. The average Bonchev–Trinajstić information content (AvgIpc) is 1.99. The Morgan fingerprint density at radius 3 is 2.40 bits per heavy atom. The summed E-state index contributed by atoms with van der Waals surface area (Å²) in [6, 6.07) is 0. The standard InChI is InChI=1S/C7H14O3/c1-2-7(10)6(5-9)3-4-8/h6,8-9H,2-5H2,1H3. The van der Waals surface area contributed by atoms with Crippen LogP contribution < -0.4 is 0 Å². The lowest BCUT2D eigenvalue weighted by Crippen LogP contribution is -2.18. The van der Waals surface area contributed by atoms with Crippen LogP contribution in [0.5, 0.6) is 0 Å². The molecule has 0 amide bonds. The van der Waals surface area contributed by atoms with Gasteiger partial charge in [0.15, 0.2) is 0 Å². The number of hydrogen-bond donors (Lipinski definition) is 2. The van der Waals surface area contributed by atoms with Gasteiger partial charge in [-0.3, -0.25) is 4.79 Å². The van der Waals surface area contributed by atoms with Gasteiger partial charge >= 0.3 is 0 Å². The normalized spacial score (nSPS) is 13.1. The van der Waals surface area contributed by atoms with Crippen molar-refractivity contribution in [3.63, 3.8) is 0 Å². The Bertz CT molecular complexity index is 101. The van der Waals surface area contributed by atoms with Crippen molar-refractivity contribution in [2.75, 3.05) is 13.2 Å². The minimum Gasteiger partial charge on any atom is -0.396 e. The second-order valence-electron chi connectivity index (χ2n) is 2.21. The van der Waals surface area contributed by atoms with E-state index in [0.29, 0.717) is 12.8 Å². The van der Waals surface area contributed by atoms with Crippen LogP contribution in [0.15, 0.2) is 0 Å². The summed E-state index contributed by atoms with van der Waals surface area (Å²) >= 11 is 0. The molecule has 3 heteroatoms. The van der Waals surface area contributed by atoms with Gasteiger partial charge in [0.1, 0.15) is 5.78 Å². The van der Waals surface area contributed by atoms with Crippen molar-refractivity contribution in [1.29, 1.82) is 0 Å². The van der Waals surface area contributed by atoms with E-state index in [1.807, 2.05) is 0 Å². The second-order valence-corrected chi connectivity index (χ2v) is 2.21. The van der Waals surface area contributed by atoms with E-state index < -0.39 is 0 Å². The highest BCUT2D eigenvalue weighted by atomic mass is 16.3. The SMILES string of the molecule is CCC(=O)C(CO)CCO. The molecule has 0 aliphatic rings. The van der Waals surface area contributed by atoms with Gasteiger partial charge in [-0.2, -0.15) is 0 Å². The monoisotopic (exact) mass is 146 g/mol. The van der Waals surface area contributed by atoms with Gasteiger partial charge in [0.05, 0.1) is 6.61 Å². The number of Topliss-reactive ketones (excluding diaryl/α,β-unsaturated/α-hetero) is 1. The van der Waals surface area contributed by atoms with Crippen molar-refractivity contribution in [2.24, 2.45) is 5.92 Å². The zero-order valence-electron chi connectivity index (χ0n) is 6.21. The Balaban J connectivity index is 3.68. The zero-order chi connectivity index (χ0) is 7.98. The maximum absolute atomic E-state index is 10.9. The topological polar surface area (TPSA) is 57.5 Å². The van der Waals surface area contributed by atoms with Crippen molar-refractivity contribution in [3.05, 3.63) is 0 Å². The molecule has 0 aliphatic carbocycles. The number of aliphatic hydroxyl groups excluding tert-OH is 2.